The lowest BCUT2D eigenvalue weighted by atomic mass is 10.2. The van der Waals surface area contributed by atoms with Gasteiger partial charge >= 0.3 is 0 Å². The van der Waals surface area contributed by atoms with E-state index in [4.69, 9.17) is 4.52 Å². The molecule has 0 radical (unpaired) electrons. The maximum atomic E-state index is 12.6. The third kappa shape index (κ3) is 2.63. The highest BCUT2D eigenvalue weighted by atomic mass is 32.1. The Kier molecular flexibility index (Phi) is 3.63. The van der Waals surface area contributed by atoms with Gasteiger partial charge in [-0.25, -0.2) is 0 Å². The molecule has 0 saturated carbocycles. The van der Waals surface area contributed by atoms with E-state index in [9.17, 15) is 4.79 Å². The molecule has 4 heterocycles. The molecule has 0 bridgehead atoms. The molecule has 0 N–H and O–H groups in total. The summed E-state index contributed by atoms with van der Waals surface area (Å²) in [5.74, 6) is 1.06. The second-order valence-electron chi connectivity index (χ2n) is 5.33. The molecule has 0 aliphatic carbocycles. The van der Waals surface area contributed by atoms with Gasteiger partial charge in [-0.2, -0.15) is 4.98 Å². The predicted molar refractivity (Wildman–Crippen MR) is 84.9 cm³/mol. The van der Waals surface area contributed by atoms with Gasteiger partial charge in [0.05, 0.1) is 4.88 Å². The van der Waals surface area contributed by atoms with Gasteiger partial charge in [0, 0.05) is 24.5 Å². The van der Waals surface area contributed by atoms with Gasteiger partial charge in [0.25, 0.3) is 5.91 Å². The van der Waals surface area contributed by atoms with Crippen molar-refractivity contribution in [1.82, 2.24) is 20.0 Å². The van der Waals surface area contributed by atoms with Crippen molar-refractivity contribution in [2.24, 2.45) is 0 Å². The van der Waals surface area contributed by atoms with E-state index in [-0.39, 0.29) is 11.9 Å². The Bertz CT molecular complexity index is 801. The van der Waals surface area contributed by atoms with E-state index in [2.05, 4.69) is 15.1 Å². The predicted octanol–water partition coefficient (Wildman–Crippen LogP) is 3.17. The summed E-state index contributed by atoms with van der Waals surface area (Å²) >= 11 is 1.45. The third-order valence-corrected chi connectivity index (χ3v) is 4.77. The van der Waals surface area contributed by atoms with Crippen LogP contribution in [0.2, 0.25) is 0 Å². The van der Waals surface area contributed by atoms with Crippen LogP contribution in [-0.2, 0) is 0 Å². The quantitative estimate of drug-likeness (QED) is 0.739. The lowest BCUT2D eigenvalue weighted by molar-refractivity contribution is 0.0715. The maximum absolute atomic E-state index is 12.6. The van der Waals surface area contributed by atoms with Crippen molar-refractivity contribution in [3.63, 3.8) is 0 Å². The van der Waals surface area contributed by atoms with Gasteiger partial charge < -0.3 is 9.42 Å². The van der Waals surface area contributed by atoms with E-state index in [1.54, 1.807) is 12.4 Å². The topological polar surface area (TPSA) is 72.1 Å². The van der Waals surface area contributed by atoms with E-state index in [1.165, 1.54) is 11.3 Å². The summed E-state index contributed by atoms with van der Waals surface area (Å²) in [5.41, 5.74) is 0.851. The van der Waals surface area contributed by atoms with Gasteiger partial charge in [-0.1, -0.05) is 11.2 Å². The summed E-state index contributed by atoms with van der Waals surface area (Å²) in [7, 11) is 0. The first kappa shape index (κ1) is 14.1. The number of hydrogen-bond donors (Lipinski definition) is 0. The molecule has 1 aliphatic rings. The molecule has 0 spiro atoms. The van der Waals surface area contributed by atoms with Crippen molar-refractivity contribution in [2.75, 3.05) is 6.54 Å². The summed E-state index contributed by atoms with van der Waals surface area (Å²) in [5, 5.41) is 5.95. The number of rotatable bonds is 3. The number of likely N-dealkylation sites (tertiary alicyclic amines) is 1. The van der Waals surface area contributed by atoms with E-state index in [0.717, 1.165) is 23.3 Å². The maximum Gasteiger partial charge on any atom is 0.264 e. The van der Waals surface area contributed by atoms with E-state index < -0.39 is 0 Å². The van der Waals surface area contributed by atoms with Crippen molar-refractivity contribution < 1.29 is 9.32 Å². The molecule has 3 aromatic heterocycles. The van der Waals surface area contributed by atoms with Crippen LogP contribution >= 0.6 is 11.3 Å². The molecule has 7 heteroatoms. The fourth-order valence-electron chi connectivity index (χ4n) is 2.80. The minimum absolute atomic E-state index is 0.0335. The minimum Gasteiger partial charge on any atom is -0.337 e. The molecule has 6 nitrogen and oxygen atoms in total. The third-order valence-electron chi connectivity index (χ3n) is 3.91. The summed E-state index contributed by atoms with van der Waals surface area (Å²) < 4.78 is 5.43. The van der Waals surface area contributed by atoms with Crippen LogP contribution in [0.1, 0.15) is 34.4 Å². The van der Waals surface area contributed by atoms with Gasteiger partial charge in [0.2, 0.25) is 11.7 Å². The van der Waals surface area contributed by atoms with Gasteiger partial charge in [-0.05, 0) is 36.4 Å². The van der Waals surface area contributed by atoms with E-state index in [0.29, 0.717) is 18.3 Å². The molecule has 1 unspecified atom stereocenters. The van der Waals surface area contributed by atoms with Gasteiger partial charge in [0.1, 0.15) is 6.04 Å². The van der Waals surface area contributed by atoms with Crippen molar-refractivity contribution in [1.29, 1.82) is 0 Å². The Morgan fingerprint density at radius 3 is 2.96 bits per heavy atom. The smallest absolute Gasteiger partial charge is 0.264 e. The molecule has 1 atom stereocenters. The SMILES string of the molecule is O=C(c1cccs1)N1CCCC1c1nc(-c2ccncc2)no1. The van der Waals surface area contributed by atoms with Crippen LogP contribution in [0, 0.1) is 0 Å². The van der Waals surface area contributed by atoms with Gasteiger partial charge in [-0.15, -0.1) is 11.3 Å². The average molecular weight is 326 g/mol. The highest BCUT2D eigenvalue weighted by molar-refractivity contribution is 7.12. The fourth-order valence-corrected chi connectivity index (χ4v) is 3.48. The van der Waals surface area contributed by atoms with Gasteiger partial charge in [-0.3, -0.25) is 9.78 Å². The minimum atomic E-state index is -0.146. The van der Waals surface area contributed by atoms with Crippen molar-refractivity contribution >= 4 is 17.2 Å². The molecular weight excluding hydrogens is 312 g/mol. The molecule has 116 valence electrons. The molecule has 1 amide bonds. The normalized spacial score (nSPS) is 17.6. The van der Waals surface area contributed by atoms with Crippen molar-refractivity contribution in [3.05, 3.63) is 52.8 Å². The number of carbonyl (C=O) groups is 1. The number of nitrogens with zero attached hydrogens (tertiary/aromatic N) is 4. The molecule has 1 saturated heterocycles. The average Bonchev–Trinajstić information content (AvgIpc) is 3.35. The molecular formula is C16H14N4O2S. The van der Waals surface area contributed by atoms with Crippen molar-refractivity contribution in [2.45, 2.75) is 18.9 Å². The Labute approximate surface area is 136 Å². The van der Waals surface area contributed by atoms with Crippen LogP contribution in [0.4, 0.5) is 0 Å². The number of aromatic nitrogens is 3. The van der Waals surface area contributed by atoms with Crippen LogP contribution in [-0.4, -0.2) is 32.5 Å². The lowest BCUT2D eigenvalue weighted by Gasteiger charge is -2.20. The second kappa shape index (κ2) is 5.92. The lowest BCUT2D eigenvalue weighted by Crippen LogP contribution is -2.30. The number of thiophene rings is 1. The van der Waals surface area contributed by atoms with E-state index >= 15 is 0 Å². The Morgan fingerprint density at radius 2 is 2.17 bits per heavy atom. The van der Waals surface area contributed by atoms with Crippen LogP contribution in [0.25, 0.3) is 11.4 Å². The largest absolute Gasteiger partial charge is 0.337 e. The Hall–Kier alpha value is -2.54. The summed E-state index contributed by atoms with van der Waals surface area (Å²) in [6.07, 6.45) is 5.16. The molecule has 0 aromatic carbocycles. The highest BCUT2D eigenvalue weighted by Gasteiger charge is 2.34. The Morgan fingerprint density at radius 1 is 1.30 bits per heavy atom. The zero-order chi connectivity index (χ0) is 15.6. The monoisotopic (exact) mass is 326 g/mol. The first-order valence-electron chi connectivity index (χ1n) is 7.41. The zero-order valence-electron chi connectivity index (χ0n) is 12.3. The highest BCUT2D eigenvalue weighted by Crippen LogP contribution is 2.33. The second-order valence-corrected chi connectivity index (χ2v) is 6.27. The molecule has 23 heavy (non-hydrogen) atoms. The molecule has 1 fully saturated rings. The number of hydrogen-bond acceptors (Lipinski definition) is 6. The first-order valence-corrected chi connectivity index (χ1v) is 8.29. The fraction of sp³-hybridized carbons (Fsp3) is 0.250. The molecule has 1 aliphatic heterocycles. The molecule has 4 rings (SSSR count). The summed E-state index contributed by atoms with van der Waals surface area (Å²) in [4.78, 5) is 23.6. The summed E-state index contributed by atoms with van der Waals surface area (Å²) in [6.45, 7) is 0.717. The number of carbonyl (C=O) groups excluding carboxylic acids is 1. The first-order chi connectivity index (χ1) is 11.3. The van der Waals surface area contributed by atoms with Crippen LogP contribution in [0.15, 0.2) is 46.6 Å². The van der Waals surface area contributed by atoms with Crippen LogP contribution in [0.3, 0.4) is 0 Å². The number of pyridine rings is 1. The van der Waals surface area contributed by atoms with E-state index in [1.807, 2.05) is 34.5 Å². The standard InChI is InChI=1S/C16H14N4O2S/c21-16(13-4-2-10-23-13)20-9-1-3-12(20)15-18-14(19-22-15)11-5-7-17-8-6-11/h2,4-8,10,12H,1,3,9H2. The Balaban J connectivity index is 1.60. The van der Waals surface area contributed by atoms with Crippen LogP contribution < -0.4 is 0 Å². The summed E-state index contributed by atoms with van der Waals surface area (Å²) in [6, 6.07) is 7.25. The van der Waals surface area contributed by atoms with Crippen molar-refractivity contribution in [3.8, 4) is 11.4 Å². The van der Waals surface area contributed by atoms with Crippen LogP contribution in [0.5, 0.6) is 0 Å². The zero-order valence-corrected chi connectivity index (χ0v) is 13.1. The van der Waals surface area contributed by atoms with Gasteiger partial charge in [0.15, 0.2) is 0 Å². The number of amides is 1. The molecule has 3 aromatic rings.